The van der Waals surface area contributed by atoms with Crippen LogP contribution in [-0.2, 0) is 9.53 Å². The summed E-state index contributed by atoms with van der Waals surface area (Å²) in [5.74, 6) is 0.770. The molecule has 1 aliphatic carbocycles. The molecular weight excluding hydrogens is 208 g/mol. The number of thioether (sulfide) groups is 1. The van der Waals surface area contributed by atoms with E-state index in [0.717, 1.165) is 5.92 Å². The molecule has 88 valence electrons. The van der Waals surface area contributed by atoms with Gasteiger partial charge in [-0.15, -0.1) is 11.8 Å². The van der Waals surface area contributed by atoms with Crippen molar-refractivity contribution in [2.75, 3.05) is 6.61 Å². The summed E-state index contributed by atoms with van der Waals surface area (Å²) < 4.78 is 5.01. The molecule has 2 nitrogen and oxygen atoms in total. The zero-order valence-electron chi connectivity index (χ0n) is 9.99. The molecule has 1 fully saturated rings. The van der Waals surface area contributed by atoms with E-state index in [1.54, 1.807) is 11.8 Å². The fraction of sp³-hybridized carbons (Fsp3) is 0.917. The maximum atomic E-state index is 11.5. The standard InChI is InChI=1S/C12H22O2S/c1-4-14-12(13)10(3)15-11-7-5-6-9(2)8-11/h9-11H,4-8H2,1-3H3. The van der Waals surface area contributed by atoms with E-state index < -0.39 is 0 Å². The molecule has 3 heteroatoms. The van der Waals surface area contributed by atoms with Gasteiger partial charge in [-0.1, -0.05) is 19.8 Å². The number of carbonyl (C=O) groups is 1. The van der Waals surface area contributed by atoms with E-state index in [2.05, 4.69) is 6.92 Å². The molecule has 0 heterocycles. The molecule has 3 unspecified atom stereocenters. The smallest absolute Gasteiger partial charge is 0.318 e. The van der Waals surface area contributed by atoms with Crippen molar-refractivity contribution in [1.82, 2.24) is 0 Å². The summed E-state index contributed by atoms with van der Waals surface area (Å²) in [7, 11) is 0. The van der Waals surface area contributed by atoms with Crippen molar-refractivity contribution < 1.29 is 9.53 Å². The van der Waals surface area contributed by atoms with Crippen LogP contribution in [0.4, 0.5) is 0 Å². The Morgan fingerprint density at radius 3 is 2.87 bits per heavy atom. The topological polar surface area (TPSA) is 26.3 Å². The highest BCUT2D eigenvalue weighted by Gasteiger charge is 2.24. The fourth-order valence-electron chi connectivity index (χ4n) is 2.11. The molecule has 0 bridgehead atoms. The number of hydrogen-bond donors (Lipinski definition) is 0. The van der Waals surface area contributed by atoms with Crippen LogP contribution in [0.5, 0.6) is 0 Å². The lowest BCUT2D eigenvalue weighted by Gasteiger charge is -2.27. The second-order valence-corrected chi connectivity index (χ2v) is 6.07. The van der Waals surface area contributed by atoms with Crippen LogP contribution >= 0.6 is 11.8 Å². The zero-order valence-corrected chi connectivity index (χ0v) is 10.8. The van der Waals surface area contributed by atoms with Crippen LogP contribution in [0.3, 0.4) is 0 Å². The normalized spacial score (nSPS) is 28.5. The van der Waals surface area contributed by atoms with E-state index >= 15 is 0 Å². The Balaban J connectivity index is 2.30. The van der Waals surface area contributed by atoms with E-state index in [-0.39, 0.29) is 11.2 Å². The molecule has 1 rings (SSSR count). The minimum Gasteiger partial charge on any atom is -0.465 e. The van der Waals surface area contributed by atoms with Gasteiger partial charge in [0, 0.05) is 5.25 Å². The number of rotatable bonds is 4. The Hall–Kier alpha value is -0.180. The van der Waals surface area contributed by atoms with Crippen LogP contribution in [0.15, 0.2) is 0 Å². The van der Waals surface area contributed by atoms with Crippen LogP contribution in [0, 0.1) is 5.92 Å². The minimum absolute atomic E-state index is 0.000231. The largest absolute Gasteiger partial charge is 0.465 e. The van der Waals surface area contributed by atoms with Crippen molar-refractivity contribution >= 4 is 17.7 Å². The van der Waals surface area contributed by atoms with E-state index in [9.17, 15) is 4.79 Å². The summed E-state index contributed by atoms with van der Waals surface area (Å²) in [6.45, 7) is 6.62. The van der Waals surface area contributed by atoms with Gasteiger partial charge in [0.25, 0.3) is 0 Å². The maximum absolute atomic E-state index is 11.5. The Kier molecular flexibility index (Phi) is 5.51. The van der Waals surface area contributed by atoms with E-state index in [1.165, 1.54) is 25.7 Å². The molecule has 0 aliphatic heterocycles. The predicted molar refractivity (Wildman–Crippen MR) is 65.1 cm³/mol. The zero-order chi connectivity index (χ0) is 11.3. The van der Waals surface area contributed by atoms with Crippen LogP contribution < -0.4 is 0 Å². The average molecular weight is 230 g/mol. The molecule has 3 atom stereocenters. The molecule has 1 saturated carbocycles. The molecule has 0 radical (unpaired) electrons. The molecule has 1 aliphatic rings. The molecule has 0 aromatic carbocycles. The number of ether oxygens (including phenoxy) is 1. The first-order valence-corrected chi connectivity index (χ1v) is 6.89. The van der Waals surface area contributed by atoms with Crippen molar-refractivity contribution in [3.63, 3.8) is 0 Å². The summed E-state index contributed by atoms with van der Waals surface area (Å²) in [4.78, 5) is 11.5. The predicted octanol–water partition coefficient (Wildman–Crippen LogP) is 3.25. The van der Waals surface area contributed by atoms with Crippen LogP contribution in [-0.4, -0.2) is 23.1 Å². The van der Waals surface area contributed by atoms with Crippen LogP contribution in [0.1, 0.15) is 46.5 Å². The number of carbonyl (C=O) groups excluding carboxylic acids is 1. The maximum Gasteiger partial charge on any atom is 0.318 e. The Labute approximate surface area is 97.1 Å². The van der Waals surface area contributed by atoms with Crippen molar-refractivity contribution in [1.29, 1.82) is 0 Å². The first-order valence-electron chi connectivity index (χ1n) is 5.95. The van der Waals surface area contributed by atoms with Crippen molar-refractivity contribution in [2.24, 2.45) is 5.92 Å². The lowest BCUT2D eigenvalue weighted by atomic mass is 9.91. The van der Waals surface area contributed by atoms with Crippen molar-refractivity contribution in [3.05, 3.63) is 0 Å². The molecule has 0 aromatic rings. The quantitative estimate of drug-likeness (QED) is 0.693. The van der Waals surface area contributed by atoms with Crippen LogP contribution in [0.25, 0.3) is 0 Å². The summed E-state index contributed by atoms with van der Waals surface area (Å²) >= 11 is 1.80. The highest BCUT2D eigenvalue weighted by atomic mass is 32.2. The van der Waals surface area contributed by atoms with Crippen molar-refractivity contribution in [3.8, 4) is 0 Å². The average Bonchev–Trinajstić information content (AvgIpc) is 2.18. The van der Waals surface area contributed by atoms with E-state index in [1.807, 2.05) is 13.8 Å². The monoisotopic (exact) mass is 230 g/mol. The second kappa shape index (κ2) is 6.41. The van der Waals surface area contributed by atoms with Gasteiger partial charge in [0.2, 0.25) is 0 Å². The van der Waals surface area contributed by atoms with Gasteiger partial charge in [0.1, 0.15) is 0 Å². The van der Waals surface area contributed by atoms with E-state index in [4.69, 9.17) is 4.74 Å². The van der Waals surface area contributed by atoms with E-state index in [0.29, 0.717) is 11.9 Å². The first kappa shape index (κ1) is 12.9. The van der Waals surface area contributed by atoms with Gasteiger partial charge in [0.15, 0.2) is 0 Å². The van der Waals surface area contributed by atoms with Crippen LogP contribution in [0.2, 0.25) is 0 Å². The Morgan fingerprint density at radius 1 is 1.53 bits per heavy atom. The first-order chi connectivity index (χ1) is 7.13. The van der Waals surface area contributed by atoms with Gasteiger partial charge in [-0.3, -0.25) is 4.79 Å². The number of esters is 1. The highest BCUT2D eigenvalue weighted by molar-refractivity contribution is 8.01. The molecule has 15 heavy (non-hydrogen) atoms. The lowest BCUT2D eigenvalue weighted by molar-refractivity contribution is -0.142. The minimum atomic E-state index is -0.0549. The number of hydrogen-bond acceptors (Lipinski definition) is 3. The SMILES string of the molecule is CCOC(=O)C(C)SC1CCCC(C)C1. The molecular formula is C12H22O2S. The summed E-state index contributed by atoms with van der Waals surface area (Å²) in [5.41, 5.74) is 0. The molecule has 0 spiro atoms. The van der Waals surface area contributed by atoms with Gasteiger partial charge in [-0.25, -0.2) is 0 Å². The van der Waals surface area contributed by atoms with Gasteiger partial charge >= 0.3 is 5.97 Å². The molecule has 0 saturated heterocycles. The molecule has 0 N–H and O–H groups in total. The van der Waals surface area contributed by atoms with Crippen molar-refractivity contribution in [2.45, 2.75) is 57.0 Å². The van der Waals surface area contributed by atoms with Gasteiger partial charge in [-0.05, 0) is 32.6 Å². The third kappa shape index (κ3) is 4.45. The third-order valence-corrected chi connectivity index (χ3v) is 4.32. The summed E-state index contributed by atoms with van der Waals surface area (Å²) in [5, 5.41) is 0.661. The van der Waals surface area contributed by atoms with Gasteiger partial charge in [0.05, 0.1) is 11.9 Å². The summed E-state index contributed by atoms with van der Waals surface area (Å²) in [6, 6.07) is 0. The second-order valence-electron chi connectivity index (χ2n) is 4.42. The summed E-state index contributed by atoms with van der Waals surface area (Å²) in [6.07, 6.45) is 5.19. The molecule has 0 amide bonds. The third-order valence-electron chi connectivity index (χ3n) is 2.90. The Morgan fingerprint density at radius 2 is 2.27 bits per heavy atom. The lowest BCUT2D eigenvalue weighted by Crippen LogP contribution is -2.23. The highest BCUT2D eigenvalue weighted by Crippen LogP contribution is 2.34. The van der Waals surface area contributed by atoms with Gasteiger partial charge in [-0.2, -0.15) is 0 Å². The Bertz CT molecular complexity index is 206. The molecule has 0 aromatic heterocycles. The fourth-order valence-corrected chi connectivity index (χ4v) is 3.60. The van der Waals surface area contributed by atoms with Gasteiger partial charge < -0.3 is 4.74 Å².